The Morgan fingerprint density at radius 2 is 1.17 bits per heavy atom. The number of esters is 3. The fourth-order valence-electron chi connectivity index (χ4n) is 3.68. The SMILES string of the molecule is CC(C)(C)OC(=O)CC[C@H](NC(=O)N[C@@H](CCCCNCc1ccccc1)C(=O)OC(C)(C)C)C(=O)OC(C)(C)C. The molecule has 3 N–H and O–H groups in total. The van der Waals surface area contributed by atoms with Gasteiger partial charge in [-0.2, -0.15) is 0 Å². The lowest BCUT2D eigenvalue weighted by molar-refractivity contribution is -0.159. The number of hydrogen-bond acceptors (Lipinski definition) is 8. The molecular formula is C31H51N3O7. The van der Waals surface area contributed by atoms with E-state index in [1.165, 1.54) is 5.56 Å². The second-order valence-corrected chi connectivity index (χ2v) is 13.1. The lowest BCUT2D eigenvalue weighted by Crippen LogP contribution is -2.53. The maximum Gasteiger partial charge on any atom is 0.329 e. The first kappa shape index (κ1) is 35.9. The fourth-order valence-corrected chi connectivity index (χ4v) is 3.68. The standard InChI is InChI=1S/C31H51N3O7/c1-29(2,3)39-25(35)19-18-24(27(37)41-31(7,8)9)34-28(38)33-23(26(36)40-30(4,5)6)17-13-14-20-32-21-22-15-11-10-12-16-22/h10-12,15-16,23-24,32H,13-14,17-21H2,1-9H3,(H2,33,34,38)/t23-,24-/m0/s1. The van der Waals surface area contributed by atoms with Gasteiger partial charge in [0, 0.05) is 13.0 Å². The summed E-state index contributed by atoms with van der Waals surface area (Å²) in [6.07, 6.45) is 1.66. The second-order valence-electron chi connectivity index (χ2n) is 13.1. The number of benzene rings is 1. The highest BCUT2D eigenvalue weighted by Gasteiger charge is 2.31. The predicted octanol–water partition coefficient (Wildman–Crippen LogP) is 4.79. The van der Waals surface area contributed by atoms with Crippen LogP contribution in [0.15, 0.2) is 30.3 Å². The smallest absolute Gasteiger partial charge is 0.329 e. The van der Waals surface area contributed by atoms with E-state index in [9.17, 15) is 19.2 Å². The molecule has 0 heterocycles. The molecule has 0 aliphatic carbocycles. The van der Waals surface area contributed by atoms with Gasteiger partial charge in [-0.05, 0) is 100 Å². The second kappa shape index (κ2) is 16.3. The molecule has 1 rings (SSSR count). The van der Waals surface area contributed by atoms with Crippen LogP contribution in [0.1, 0.15) is 100.0 Å². The van der Waals surface area contributed by atoms with Gasteiger partial charge in [0.05, 0.1) is 0 Å². The summed E-state index contributed by atoms with van der Waals surface area (Å²) in [7, 11) is 0. The Kier molecular flexibility index (Phi) is 14.3. The number of carbonyl (C=O) groups is 4. The molecule has 0 aliphatic heterocycles. The number of hydrogen-bond donors (Lipinski definition) is 3. The van der Waals surface area contributed by atoms with Gasteiger partial charge in [-0.15, -0.1) is 0 Å². The Hall–Kier alpha value is -3.14. The molecule has 0 radical (unpaired) electrons. The lowest BCUT2D eigenvalue weighted by Gasteiger charge is -2.27. The van der Waals surface area contributed by atoms with Gasteiger partial charge in [0.2, 0.25) is 0 Å². The van der Waals surface area contributed by atoms with Crippen molar-refractivity contribution in [2.75, 3.05) is 6.54 Å². The highest BCUT2D eigenvalue weighted by molar-refractivity contribution is 5.87. The van der Waals surface area contributed by atoms with Crippen LogP contribution in [-0.2, 0) is 35.1 Å². The summed E-state index contributed by atoms with van der Waals surface area (Å²) in [6.45, 7) is 17.1. The Labute approximate surface area is 245 Å². The molecule has 0 aliphatic rings. The van der Waals surface area contributed by atoms with E-state index in [1.54, 1.807) is 62.3 Å². The summed E-state index contributed by atoms with van der Waals surface area (Å²) in [6, 6.07) is 7.27. The minimum absolute atomic E-state index is 0.0264. The van der Waals surface area contributed by atoms with Gasteiger partial charge in [-0.3, -0.25) is 4.79 Å². The number of rotatable bonds is 14. The van der Waals surface area contributed by atoms with Crippen molar-refractivity contribution in [2.45, 2.75) is 130 Å². The topological polar surface area (TPSA) is 132 Å². The molecule has 232 valence electrons. The van der Waals surface area contributed by atoms with E-state index >= 15 is 0 Å². The zero-order valence-electron chi connectivity index (χ0n) is 26.3. The molecule has 2 amide bonds. The van der Waals surface area contributed by atoms with Crippen LogP contribution >= 0.6 is 0 Å². The third kappa shape index (κ3) is 18.0. The minimum Gasteiger partial charge on any atom is -0.460 e. The third-order valence-electron chi connectivity index (χ3n) is 5.32. The Morgan fingerprint density at radius 3 is 1.66 bits per heavy atom. The van der Waals surface area contributed by atoms with Crippen molar-refractivity contribution in [1.82, 2.24) is 16.0 Å². The molecule has 0 fully saturated rings. The number of unbranched alkanes of at least 4 members (excludes halogenated alkanes) is 1. The van der Waals surface area contributed by atoms with Gasteiger partial charge in [0.15, 0.2) is 0 Å². The predicted molar refractivity (Wildman–Crippen MR) is 158 cm³/mol. The summed E-state index contributed by atoms with van der Waals surface area (Å²) < 4.78 is 16.3. The fraction of sp³-hybridized carbons (Fsp3) is 0.677. The molecule has 1 aromatic rings. The first-order chi connectivity index (χ1) is 18.8. The van der Waals surface area contributed by atoms with E-state index in [0.717, 1.165) is 19.5 Å². The average molecular weight is 578 g/mol. The molecule has 0 saturated heterocycles. The Morgan fingerprint density at radius 1 is 0.683 bits per heavy atom. The van der Waals surface area contributed by atoms with Crippen LogP contribution in [0.25, 0.3) is 0 Å². The van der Waals surface area contributed by atoms with Crippen molar-refractivity contribution in [3.05, 3.63) is 35.9 Å². The normalized spacial score (nSPS) is 13.5. The zero-order chi connectivity index (χ0) is 31.3. The van der Waals surface area contributed by atoms with Crippen LogP contribution in [0.4, 0.5) is 4.79 Å². The van der Waals surface area contributed by atoms with Crippen molar-refractivity contribution >= 4 is 23.9 Å². The third-order valence-corrected chi connectivity index (χ3v) is 5.32. The van der Waals surface area contributed by atoms with Gasteiger partial charge in [-0.1, -0.05) is 30.3 Å². The lowest BCUT2D eigenvalue weighted by atomic mass is 10.1. The zero-order valence-corrected chi connectivity index (χ0v) is 26.3. The molecule has 2 atom stereocenters. The Bertz CT molecular complexity index is 976. The van der Waals surface area contributed by atoms with Crippen LogP contribution in [0.5, 0.6) is 0 Å². The van der Waals surface area contributed by atoms with Crippen molar-refractivity contribution in [3.8, 4) is 0 Å². The quantitative estimate of drug-likeness (QED) is 0.163. The maximum atomic E-state index is 13.0. The Balaban J connectivity index is 2.81. The summed E-state index contributed by atoms with van der Waals surface area (Å²) in [4.78, 5) is 51.0. The van der Waals surface area contributed by atoms with E-state index in [1.807, 2.05) is 30.3 Å². The molecule has 0 bridgehead atoms. The molecule has 1 aromatic carbocycles. The van der Waals surface area contributed by atoms with Crippen molar-refractivity contribution in [3.63, 3.8) is 0 Å². The van der Waals surface area contributed by atoms with Crippen LogP contribution in [0, 0.1) is 0 Å². The summed E-state index contributed by atoms with van der Waals surface area (Å²) in [5, 5.41) is 8.62. The van der Waals surface area contributed by atoms with Crippen molar-refractivity contribution in [2.24, 2.45) is 0 Å². The molecule has 10 heteroatoms. The van der Waals surface area contributed by atoms with Gasteiger partial charge < -0.3 is 30.2 Å². The average Bonchev–Trinajstić information content (AvgIpc) is 2.80. The first-order valence-corrected chi connectivity index (χ1v) is 14.3. The molecule has 0 aromatic heterocycles. The van der Waals surface area contributed by atoms with E-state index in [4.69, 9.17) is 14.2 Å². The van der Waals surface area contributed by atoms with Crippen LogP contribution in [0.2, 0.25) is 0 Å². The number of ether oxygens (including phenoxy) is 3. The maximum absolute atomic E-state index is 13.0. The summed E-state index contributed by atoms with van der Waals surface area (Å²) in [5.41, 5.74) is -1.03. The number of carbonyl (C=O) groups excluding carboxylic acids is 4. The van der Waals surface area contributed by atoms with E-state index in [2.05, 4.69) is 16.0 Å². The van der Waals surface area contributed by atoms with Gasteiger partial charge in [-0.25, -0.2) is 14.4 Å². The molecular weight excluding hydrogens is 526 g/mol. The highest BCUT2D eigenvalue weighted by Crippen LogP contribution is 2.15. The minimum atomic E-state index is -1.12. The first-order valence-electron chi connectivity index (χ1n) is 14.3. The molecule has 0 unspecified atom stereocenters. The number of amides is 2. The van der Waals surface area contributed by atoms with Gasteiger partial charge >= 0.3 is 23.9 Å². The van der Waals surface area contributed by atoms with Gasteiger partial charge in [0.1, 0.15) is 28.9 Å². The molecule has 0 spiro atoms. The van der Waals surface area contributed by atoms with E-state index < -0.39 is 52.8 Å². The highest BCUT2D eigenvalue weighted by atomic mass is 16.6. The van der Waals surface area contributed by atoms with Crippen LogP contribution in [0.3, 0.4) is 0 Å². The monoisotopic (exact) mass is 577 g/mol. The molecule has 0 saturated carbocycles. The number of urea groups is 1. The van der Waals surface area contributed by atoms with E-state index in [-0.39, 0.29) is 12.8 Å². The van der Waals surface area contributed by atoms with Crippen molar-refractivity contribution in [1.29, 1.82) is 0 Å². The summed E-state index contributed by atoms with van der Waals surface area (Å²) in [5.74, 6) is -1.75. The largest absolute Gasteiger partial charge is 0.460 e. The van der Waals surface area contributed by atoms with Crippen LogP contribution in [-0.4, -0.2) is 59.4 Å². The van der Waals surface area contributed by atoms with Crippen LogP contribution < -0.4 is 16.0 Å². The molecule has 41 heavy (non-hydrogen) atoms. The van der Waals surface area contributed by atoms with Crippen molar-refractivity contribution < 1.29 is 33.4 Å². The summed E-state index contributed by atoms with van der Waals surface area (Å²) >= 11 is 0. The van der Waals surface area contributed by atoms with Gasteiger partial charge in [0.25, 0.3) is 0 Å². The van der Waals surface area contributed by atoms with E-state index in [0.29, 0.717) is 12.8 Å². The molecule has 10 nitrogen and oxygen atoms in total. The number of nitrogens with one attached hydrogen (secondary N) is 3.